The smallest absolute Gasteiger partial charge is 0.221 e. The molecule has 0 saturated heterocycles. The van der Waals surface area contributed by atoms with Gasteiger partial charge in [0.15, 0.2) is 11.3 Å². The number of benzene rings is 3. The Morgan fingerprint density at radius 2 is 1.68 bits per heavy atom. The van der Waals surface area contributed by atoms with Crippen LogP contribution < -0.4 is 5.01 Å². The molecule has 0 aromatic heterocycles. The molecule has 1 N–H and O–H groups in total. The Kier molecular flexibility index (Phi) is 2.59. The topological polar surface area (TPSA) is 65.3 Å². The van der Waals surface area contributed by atoms with Gasteiger partial charge in [-0.1, -0.05) is 65.9 Å². The maximum absolute atomic E-state index is 12.9. The predicted molar refractivity (Wildman–Crippen MR) is 94.4 cm³/mol. The maximum Gasteiger partial charge on any atom is 0.221 e. The number of hydrogen-bond donors (Lipinski definition) is 1. The van der Waals surface area contributed by atoms with Crippen LogP contribution >= 0.6 is 0 Å². The molecule has 1 aliphatic heterocycles. The van der Waals surface area contributed by atoms with Gasteiger partial charge in [0.25, 0.3) is 0 Å². The van der Waals surface area contributed by atoms with Gasteiger partial charge >= 0.3 is 0 Å². The van der Waals surface area contributed by atoms with Crippen LogP contribution in [-0.2, 0) is 5.72 Å². The van der Waals surface area contributed by atoms with Crippen molar-refractivity contribution in [1.29, 1.82) is 0 Å². The van der Waals surface area contributed by atoms with Crippen LogP contribution in [-0.4, -0.2) is 16.4 Å². The Morgan fingerprint density at radius 3 is 2.56 bits per heavy atom. The summed E-state index contributed by atoms with van der Waals surface area (Å²) in [5.74, 6) is -0.211. The van der Waals surface area contributed by atoms with E-state index in [1.54, 1.807) is 25.1 Å². The first kappa shape index (κ1) is 14.3. The lowest BCUT2D eigenvalue weighted by Crippen LogP contribution is -2.53. The number of hydrogen-bond acceptors (Lipinski definition) is 5. The van der Waals surface area contributed by atoms with E-state index in [2.05, 4.69) is 10.3 Å². The van der Waals surface area contributed by atoms with E-state index in [0.29, 0.717) is 11.1 Å². The summed E-state index contributed by atoms with van der Waals surface area (Å²) in [7, 11) is 0. The summed E-state index contributed by atoms with van der Waals surface area (Å²) in [6, 6.07) is 20.8. The SMILES string of the molecule is CC12N=NN(c3cccc4ccccc34)C1(O)c1ccccc1C2=O. The Balaban J connectivity index is 1.80. The molecule has 25 heavy (non-hydrogen) atoms. The highest BCUT2D eigenvalue weighted by Crippen LogP contribution is 2.54. The first-order valence-electron chi connectivity index (χ1n) is 8.15. The highest BCUT2D eigenvalue weighted by Gasteiger charge is 2.68. The largest absolute Gasteiger partial charge is 0.363 e. The summed E-state index contributed by atoms with van der Waals surface area (Å²) < 4.78 is 0. The van der Waals surface area contributed by atoms with Gasteiger partial charge in [0.05, 0.1) is 5.69 Å². The quantitative estimate of drug-likeness (QED) is 0.738. The van der Waals surface area contributed by atoms with E-state index in [1.807, 2.05) is 48.5 Å². The molecule has 5 rings (SSSR count). The molecule has 0 bridgehead atoms. The van der Waals surface area contributed by atoms with Crippen LogP contribution in [0.4, 0.5) is 5.69 Å². The minimum Gasteiger partial charge on any atom is -0.363 e. The zero-order valence-electron chi connectivity index (χ0n) is 13.5. The number of aliphatic hydroxyl groups is 1. The molecular weight excluding hydrogens is 314 g/mol. The molecule has 1 aliphatic carbocycles. The van der Waals surface area contributed by atoms with E-state index in [-0.39, 0.29) is 5.78 Å². The average Bonchev–Trinajstić information content (AvgIpc) is 3.01. The van der Waals surface area contributed by atoms with Gasteiger partial charge < -0.3 is 5.11 Å². The molecule has 0 radical (unpaired) electrons. The third-order valence-corrected chi connectivity index (χ3v) is 5.30. The lowest BCUT2D eigenvalue weighted by atomic mass is 9.88. The molecule has 5 nitrogen and oxygen atoms in total. The zero-order valence-corrected chi connectivity index (χ0v) is 13.5. The number of anilines is 1. The lowest BCUT2D eigenvalue weighted by molar-refractivity contribution is 0.00106. The fourth-order valence-corrected chi connectivity index (χ4v) is 3.92. The molecule has 3 aromatic rings. The molecule has 2 aliphatic rings. The van der Waals surface area contributed by atoms with Crippen molar-refractivity contribution in [3.05, 3.63) is 77.9 Å². The van der Waals surface area contributed by atoms with Gasteiger partial charge in [-0.15, -0.1) is 0 Å². The van der Waals surface area contributed by atoms with Crippen molar-refractivity contribution in [3.63, 3.8) is 0 Å². The van der Waals surface area contributed by atoms with Crippen molar-refractivity contribution >= 4 is 22.2 Å². The van der Waals surface area contributed by atoms with E-state index in [4.69, 9.17) is 0 Å². The van der Waals surface area contributed by atoms with Gasteiger partial charge in [-0.3, -0.25) is 4.79 Å². The summed E-state index contributed by atoms with van der Waals surface area (Å²) >= 11 is 0. The van der Waals surface area contributed by atoms with Crippen molar-refractivity contribution in [2.24, 2.45) is 10.3 Å². The molecule has 0 fully saturated rings. The monoisotopic (exact) mass is 329 g/mol. The van der Waals surface area contributed by atoms with Gasteiger partial charge in [0.1, 0.15) is 0 Å². The fourth-order valence-electron chi connectivity index (χ4n) is 3.92. The number of carbonyl (C=O) groups is 1. The molecule has 1 heterocycles. The van der Waals surface area contributed by atoms with Gasteiger partial charge in [-0.25, -0.2) is 5.01 Å². The first-order chi connectivity index (χ1) is 12.1. The van der Waals surface area contributed by atoms with E-state index in [0.717, 1.165) is 16.5 Å². The normalized spacial score (nSPS) is 27.0. The third-order valence-electron chi connectivity index (χ3n) is 5.30. The highest BCUT2D eigenvalue weighted by molar-refractivity contribution is 6.10. The molecule has 0 spiro atoms. The Labute approximate surface area is 144 Å². The van der Waals surface area contributed by atoms with Crippen LogP contribution in [0.5, 0.6) is 0 Å². The number of Topliss-reactive ketones (excluding diaryl/α,β-unsaturated/α-hetero) is 1. The summed E-state index contributed by atoms with van der Waals surface area (Å²) in [6.45, 7) is 1.64. The van der Waals surface area contributed by atoms with Crippen molar-refractivity contribution in [1.82, 2.24) is 0 Å². The summed E-state index contributed by atoms with van der Waals surface area (Å²) in [5, 5.41) is 23.6. The van der Waals surface area contributed by atoms with E-state index < -0.39 is 11.3 Å². The van der Waals surface area contributed by atoms with Crippen molar-refractivity contribution in [2.45, 2.75) is 18.2 Å². The molecule has 2 unspecified atom stereocenters. The zero-order chi connectivity index (χ0) is 17.2. The van der Waals surface area contributed by atoms with Gasteiger partial charge in [0, 0.05) is 16.5 Å². The number of rotatable bonds is 1. The Hall–Kier alpha value is -3.05. The third kappa shape index (κ3) is 1.54. The van der Waals surface area contributed by atoms with E-state index in [9.17, 15) is 9.90 Å². The van der Waals surface area contributed by atoms with Crippen molar-refractivity contribution < 1.29 is 9.90 Å². The number of nitrogens with zero attached hydrogens (tertiary/aromatic N) is 3. The van der Waals surface area contributed by atoms with Gasteiger partial charge in [-0.05, 0) is 18.4 Å². The van der Waals surface area contributed by atoms with E-state index in [1.165, 1.54) is 5.01 Å². The van der Waals surface area contributed by atoms with Crippen LogP contribution in [0.2, 0.25) is 0 Å². The Morgan fingerprint density at radius 1 is 0.960 bits per heavy atom. The van der Waals surface area contributed by atoms with Crippen LogP contribution in [0.3, 0.4) is 0 Å². The second-order valence-corrected chi connectivity index (χ2v) is 6.62. The second kappa shape index (κ2) is 4.52. The van der Waals surface area contributed by atoms with Crippen molar-refractivity contribution in [3.8, 4) is 0 Å². The molecule has 3 aromatic carbocycles. The predicted octanol–water partition coefficient (Wildman–Crippen LogP) is 3.83. The average molecular weight is 329 g/mol. The minimum absolute atomic E-state index is 0.211. The molecule has 0 amide bonds. The Bertz CT molecular complexity index is 1070. The molecule has 122 valence electrons. The fraction of sp³-hybridized carbons (Fsp3) is 0.150. The summed E-state index contributed by atoms with van der Waals surface area (Å²) in [6.07, 6.45) is 0. The first-order valence-corrected chi connectivity index (χ1v) is 8.15. The van der Waals surface area contributed by atoms with Crippen LogP contribution in [0, 0.1) is 0 Å². The van der Waals surface area contributed by atoms with Gasteiger partial charge in [-0.2, -0.15) is 5.11 Å². The molecule has 2 atom stereocenters. The van der Waals surface area contributed by atoms with Crippen LogP contribution in [0.1, 0.15) is 22.8 Å². The van der Waals surface area contributed by atoms with Crippen LogP contribution in [0.25, 0.3) is 10.8 Å². The minimum atomic E-state index is -1.63. The molecule has 0 saturated carbocycles. The standard InChI is InChI=1S/C20H15N3O2/c1-19-18(24)15-10-4-5-11-16(15)20(19,25)23(22-21-19)17-12-6-8-13-7-2-3-9-14(13)17/h2-12,25H,1H3. The summed E-state index contributed by atoms with van der Waals surface area (Å²) in [4.78, 5) is 12.9. The van der Waals surface area contributed by atoms with Gasteiger partial charge in [0.2, 0.25) is 5.72 Å². The summed E-state index contributed by atoms with van der Waals surface area (Å²) in [5.41, 5.74) is -1.23. The number of carbonyl (C=O) groups excluding carboxylic acids is 1. The van der Waals surface area contributed by atoms with E-state index >= 15 is 0 Å². The second-order valence-electron chi connectivity index (χ2n) is 6.62. The van der Waals surface area contributed by atoms with Crippen molar-refractivity contribution in [2.75, 3.05) is 5.01 Å². The number of fused-ring (bicyclic) bond motifs is 4. The maximum atomic E-state index is 12.9. The lowest BCUT2D eigenvalue weighted by Gasteiger charge is -2.35. The highest BCUT2D eigenvalue weighted by atomic mass is 16.3. The molecular formula is C20H15N3O2. The molecule has 5 heteroatoms. The van der Waals surface area contributed by atoms with Crippen LogP contribution in [0.15, 0.2) is 77.1 Å². The number of ketones is 1.